The summed E-state index contributed by atoms with van der Waals surface area (Å²) in [6.45, 7) is 4.42. The van der Waals surface area contributed by atoms with E-state index < -0.39 is 0 Å². The van der Waals surface area contributed by atoms with E-state index in [9.17, 15) is 0 Å². The molecular weight excluding hydrogens is 240 g/mol. The van der Waals surface area contributed by atoms with E-state index in [1.807, 2.05) is 0 Å². The predicted molar refractivity (Wildman–Crippen MR) is 85.2 cm³/mol. The van der Waals surface area contributed by atoms with E-state index in [-0.39, 0.29) is 0 Å². The summed E-state index contributed by atoms with van der Waals surface area (Å²) in [4.78, 5) is 0. The average molecular weight is 262 g/mol. The summed E-state index contributed by atoms with van der Waals surface area (Å²) in [5.41, 5.74) is 9.29. The minimum Gasteiger partial charge on any atom is -0.0590 e. The van der Waals surface area contributed by atoms with E-state index in [1.54, 1.807) is 11.1 Å². The first kappa shape index (κ1) is 12.2. The Morgan fingerprint density at radius 1 is 0.700 bits per heavy atom. The second-order valence-corrected chi connectivity index (χ2v) is 6.74. The van der Waals surface area contributed by atoms with E-state index in [1.165, 1.54) is 54.4 Å². The smallest absolute Gasteiger partial charge is 0.0215 e. The fourth-order valence-corrected chi connectivity index (χ4v) is 4.44. The molecular formula is C20H22. The zero-order chi connectivity index (χ0) is 13.7. The van der Waals surface area contributed by atoms with Gasteiger partial charge in [-0.1, -0.05) is 66.8 Å². The molecule has 2 aromatic carbocycles. The van der Waals surface area contributed by atoms with Crippen molar-refractivity contribution in [2.24, 2.45) is 0 Å². The molecule has 2 aliphatic carbocycles. The summed E-state index contributed by atoms with van der Waals surface area (Å²) in [7, 11) is 0. The lowest BCUT2D eigenvalue weighted by atomic mass is 9.68. The van der Waals surface area contributed by atoms with Gasteiger partial charge in [0.2, 0.25) is 0 Å². The van der Waals surface area contributed by atoms with Crippen LogP contribution in [0.3, 0.4) is 0 Å². The first-order valence-electron chi connectivity index (χ1n) is 7.93. The quantitative estimate of drug-likeness (QED) is 0.585. The molecule has 20 heavy (non-hydrogen) atoms. The van der Waals surface area contributed by atoms with Crippen LogP contribution in [0.1, 0.15) is 54.4 Å². The molecule has 0 bridgehead atoms. The molecule has 0 unspecified atom stereocenters. The van der Waals surface area contributed by atoms with Crippen LogP contribution in [0.5, 0.6) is 0 Å². The molecule has 0 saturated heterocycles. The molecule has 0 radical (unpaired) electrons. The number of fused-ring (bicyclic) bond motifs is 5. The van der Waals surface area contributed by atoms with Gasteiger partial charge in [-0.25, -0.2) is 0 Å². The number of hydrogen-bond donors (Lipinski definition) is 0. The summed E-state index contributed by atoms with van der Waals surface area (Å²) in [6, 6.07) is 14.2. The first-order chi connectivity index (χ1) is 9.71. The Balaban J connectivity index is 2.03. The molecule has 1 spiro atoms. The predicted octanol–water partition coefficient (Wildman–Crippen LogP) is 5.53. The van der Waals surface area contributed by atoms with Crippen LogP contribution in [0.4, 0.5) is 0 Å². The Kier molecular flexibility index (Phi) is 2.57. The molecule has 0 nitrogen and oxygen atoms in total. The second kappa shape index (κ2) is 4.22. The van der Waals surface area contributed by atoms with Gasteiger partial charge >= 0.3 is 0 Å². The van der Waals surface area contributed by atoms with Crippen LogP contribution < -0.4 is 0 Å². The van der Waals surface area contributed by atoms with Crippen LogP contribution in [0.25, 0.3) is 11.1 Å². The van der Waals surface area contributed by atoms with Crippen molar-refractivity contribution in [3.8, 4) is 11.1 Å². The van der Waals surface area contributed by atoms with Crippen molar-refractivity contribution in [3.05, 3.63) is 58.7 Å². The van der Waals surface area contributed by atoms with E-state index in [0.29, 0.717) is 5.41 Å². The molecule has 1 fully saturated rings. The molecule has 1 saturated carbocycles. The van der Waals surface area contributed by atoms with Gasteiger partial charge in [0.05, 0.1) is 0 Å². The van der Waals surface area contributed by atoms with Crippen molar-refractivity contribution in [2.45, 2.75) is 51.4 Å². The normalized spacial score (nSPS) is 18.9. The molecule has 0 heterocycles. The maximum atomic E-state index is 2.41. The minimum absolute atomic E-state index is 0.324. The highest BCUT2D eigenvalue weighted by Gasteiger charge is 2.43. The summed E-state index contributed by atoms with van der Waals surface area (Å²) in [5.74, 6) is 0. The first-order valence-corrected chi connectivity index (χ1v) is 7.93. The third-order valence-electron chi connectivity index (χ3n) is 5.38. The monoisotopic (exact) mass is 262 g/mol. The van der Waals surface area contributed by atoms with Crippen molar-refractivity contribution < 1.29 is 0 Å². The number of hydrogen-bond acceptors (Lipinski definition) is 0. The fourth-order valence-electron chi connectivity index (χ4n) is 4.44. The lowest BCUT2D eigenvalue weighted by Crippen LogP contribution is -2.27. The summed E-state index contributed by atoms with van der Waals surface area (Å²) in [6.07, 6.45) is 6.82. The lowest BCUT2D eigenvalue weighted by Gasteiger charge is -2.36. The van der Waals surface area contributed by atoms with Crippen molar-refractivity contribution >= 4 is 0 Å². The van der Waals surface area contributed by atoms with Crippen molar-refractivity contribution in [1.29, 1.82) is 0 Å². The Morgan fingerprint density at radius 3 is 1.70 bits per heavy atom. The van der Waals surface area contributed by atoms with Crippen molar-refractivity contribution in [2.75, 3.05) is 0 Å². The highest BCUT2D eigenvalue weighted by molar-refractivity contribution is 5.82. The summed E-state index contributed by atoms with van der Waals surface area (Å²) >= 11 is 0. The maximum absolute atomic E-state index is 2.41. The van der Waals surface area contributed by atoms with E-state index in [4.69, 9.17) is 0 Å². The van der Waals surface area contributed by atoms with Gasteiger partial charge in [0, 0.05) is 5.41 Å². The molecule has 102 valence electrons. The molecule has 2 aromatic rings. The largest absolute Gasteiger partial charge is 0.0590 e. The molecule has 0 aromatic heterocycles. The third kappa shape index (κ3) is 1.54. The number of benzene rings is 2. The maximum Gasteiger partial charge on any atom is 0.0215 e. The molecule has 0 atom stereocenters. The highest BCUT2D eigenvalue weighted by atomic mass is 14.5. The third-order valence-corrected chi connectivity index (χ3v) is 5.38. The van der Waals surface area contributed by atoms with Crippen LogP contribution in [0.15, 0.2) is 36.4 Å². The molecule has 0 aliphatic heterocycles. The van der Waals surface area contributed by atoms with E-state index in [0.717, 1.165) is 0 Å². The van der Waals surface area contributed by atoms with Gasteiger partial charge < -0.3 is 0 Å². The van der Waals surface area contributed by atoms with Crippen molar-refractivity contribution in [3.63, 3.8) is 0 Å². The van der Waals surface area contributed by atoms with Crippen LogP contribution in [-0.4, -0.2) is 0 Å². The summed E-state index contributed by atoms with van der Waals surface area (Å²) < 4.78 is 0. The molecule has 4 rings (SSSR count). The van der Waals surface area contributed by atoms with Gasteiger partial charge in [-0.15, -0.1) is 0 Å². The van der Waals surface area contributed by atoms with Gasteiger partial charge in [0.1, 0.15) is 0 Å². The van der Waals surface area contributed by atoms with Gasteiger partial charge in [0.25, 0.3) is 0 Å². The number of rotatable bonds is 0. The Bertz CT molecular complexity index is 619. The SMILES string of the molecule is Cc1ccc2c(c1)-c1cc(C)ccc1C21CCCCC1. The van der Waals surface area contributed by atoms with E-state index >= 15 is 0 Å². The van der Waals surface area contributed by atoms with Crippen LogP contribution in [0.2, 0.25) is 0 Å². The standard InChI is InChI=1S/C20H22/c1-14-6-8-18-16(12-14)17-13-15(2)7-9-19(17)20(18)10-4-3-5-11-20/h6-9,12-13H,3-5,10-11H2,1-2H3. The Labute approximate surface area is 121 Å². The van der Waals surface area contributed by atoms with Crippen LogP contribution in [0, 0.1) is 13.8 Å². The molecule has 0 amide bonds. The van der Waals surface area contributed by atoms with Crippen LogP contribution >= 0.6 is 0 Å². The molecule has 2 aliphatic rings. The highest BCUT2D eigenvalue weighted by Crippen LogP contribution is 2.55. The number of aryl methyl sites for hydroxylation is 2. The van der Waals surface area contributed by atoms with Gasteiger partial charge in [-0.05, 0) is 48.9 Å². The summed E-state index contributed by atoms with van der Waals surface area (Å²) in [5, 5.41) is 0. The Morgan fingerprint density at radius 2 is 1.20 bits per heavy atom. The average Bonchev–Trinajstić information content (AvgIpc) is 2.70. The van der Waals surface area contributed by atoms with Crippen LogP contribution in [-0.2, 0) is 5.41 Å². The Hall–Kier alpha value is -1.56. The lowest BCUT2D eigenvalue weighted by molar-refractivity contribution is 0.353. The molecule has 0 heteroatoms. The van der Waals surface area contributed by atoms with E-state index in [2.05, 4.69) is 50.2 Å². The zero-order valence-electron chi connectivity index (χ0n) is 12.5. The van der Waals surface area contributed by atoms with Gasteiger partial charge in [-0.3, -0.25) is 0 Å². The fraction of sp³-hybridized carbons (Fsp3) is 0.400. The van der Waals surface area contributed by atoms with Gasteiger partial charge in [0.15, 0.2) is 0 Å². The van der Waals surface area contributed by atoms with Gasteiger partial charge in [-0.2, -0.15) is 0 Å². The second-order valence-electron chi connectivity index (χ2n) is 6.74. The molecule has 0 N–H and O–H groups in total. The zero-order valence-corrected chi connectivity index (χ0v) is 12.5. The topological polar surface area (TPSA) is 0 Å². The van der Waals surface area contributed by atoms with Crippen molar-refractivity contribution in [1.82, 2.24) is 0 Å². The minimum atomic E-state index is 0.324.